The third-order valence-corrected chi connectivity index (χ3v) is 7.65. The molecule has 1 fully saturated rings. The first-order valence-corrected chi connectivity index (χ1v) is 12.7. The van der Waals surface area contributed by atoms with Crippen LogP contribution in [0.25, 0.3) is 10.1 Å². The molecule has 1 saturated heterocycles. The van der Waals surface area contributed by atoms with E-state index >= 15 is 0 Å². The second kappa shape index (κ2) is 10.1. The van der Waals surface area contributed by atoms with Gasteiger partial charge in [0.2, 0.25) is 0 Å². The maximum absolute atomic E-state index is 9.59. The summed E-state index contributed by atoms with van der Waals surface area (Å²) in [5.74, 6) is 0.917. The minimum Gasteiger partial charge on any atom is -0.494 e. The van der Waals surface area contributed by atoms with Crippen LogP contribution in [0.2, 0.25) is 0 Å². The maximum Gasteiger partial charge on any atom is 0.121 e. The van der Waals surface area contributed by atoms with E-state index in [1.807, 2.05) is 16.2 Å². The van der Waals surface area contributed by atoms with Gasteiger partial charge >= 0.3 is 0 Å². The lowest BCUT2D eigenvalue weighted by molar-refractivity contribution is 0.238. The highest BCUT2D eigenvalue weighted by atomic mass is 32.1. The number of benzene rings is 2. The Bertz CT molecular complexity index is 1030. The normalized spacial score (nSPS) is 17.0. The molecule has 1 aromatic heterocycles. The van der Waals surface area contributed by atoms with Crippen molar-refractivity contribution in [2.75, 3.05) is 62.4 Å². The molecule has 170 valence electrons. The number of thiophene rings is 1. The molecular weight excluding hydrogens is 418 g/mol. The van der Waals surface area contributed by atoms with Crippen LogP contribution in [0, 0.1) is 0 Å². The molecule has 1 N–H and O–H groups in total. The largest absolute Gasteiger partial charge is 0.494 e. The van der Waals surface area contributed by atoms with Crippen molar-refractivity contribution in [2.24, 2.45) is 0 Å². The molecule has 6 heteroatoms. The van der Waals surface area contributed by atoms with Gasteiger partial charge in [-0.3, -0.25) is 4.90 Å². The number of ether oxygens (including phenoxy) is 1. The third kappa shape index (κ3) is 4.72. The SMILES string of the molecule is OCN1CCCc2ccc(OCCCCN3CCN(c4cccc5sccc45)CC3)cc21. The number of hydrogen-bond acceptors (Lipinski definition) is 6. The van der Waals surface area contributed by atoms with Crippen molar-refractivity contribution in [3.8, 4) is 5.75 Å². The van der Waals surface area contributed by atoms with E-state index in [4.69, 9.17) is 4.74 Å². The van der Waals surface area contributed by atoms with Crippen LogP contribution >= 0.6 is 11.3 Å². The second-order valence-corrected chi connectivity index (χ2v) is 9.74. The van der Waals surface area contributed by atoms with Gasteiger partial charge in [0.25, 0.3) is 0 Å². The lowest BCUT2D eigenvalue weighted by Crippen LogP contribution is -2.46. The fourth-order valence-electron chi connectivity index (χ4n) is 4.96. The molecular formula is C26H33N3O2S. The first-order chi connectivity index (χ1) is 15.8. The lowest BCUT2D eigenvalue weighted by atomic mass is 10.0. The van der Waals surface area contributed by atoms with E-state index in [0.29, 0.717) is 0 Å². The number of aryl methyl sites for hydroxylation is 1. The van der Waals surface area contributed by atoms with Crippen LogP contribution in [0.1, 0.15) is 24.8 Å². The molecule has 0 atom stereocenters. The van der Waals surface area contributed by atoms with Crippen molar-refractivity contribution >= 4 is 32.8 Å². The zero-order valence-electron chi connectivity index (χ0n) is 18.7. The van der Waals surface area contributed by atoms with Crippen LogP contribution in [-0.4, -0.2) is 62.6 Å². The molecule has 2 aromatic carbocycles. The molecule has 0 unspecified atom stereocenters. The first-order valence-electron chi connectivity index (χ1n) is 11.9. The minimum atomic E-state index is 0.0755. The summed E-state index contributed by atoms with van der Waals surface area (Å²) < 4.78 is 7.41. The summed E-state index contributed by atoms with van der Waals surface area (Å²) in [5, 5.41) is 13.2. The van der Waals surface area contributed by atoms with Gasteiger partial charge in [0.15, 0.2) is 0 Å². The van der Waals surface area contributed by atoms with Gasteiger partial charge in [-0.15, -0.1) is 11.3 Å². The van der Waals surface area contributed by atoms with E-state index in [0.717, 1.165) is 83.0 Å². The smallest absolute Gasteiger partial charge is 0.121 e. The minimum absolute atomic E-state index is 0.0755. The lowest BCUT2D eigenvalue weighted by Gasteiger charge is -2.36. The highest BCUT2D eigenvalue weighted by Gasteiger charge is 2.19. The van der Waals surface area contributed by atoms with Gasteiger partial charge in [-0.05, 0) is 67.4 Å². The van der Waals surface area contributed by atoms with Crippen molar-refractivity contribution in [3.05, 3.63) is 53.4 Å². The summed E-state index contributed by atoms with van der Waals surface area (Å²) in [4.78, 5) is 7.16. The van der Waals surface area contributed by atoms with Crippen molar-refractivity contribution in [2.45, 2.75) is 25.7 Å². The Morgan fingerprint density at radius 3 is 2.72 bits per heavy atom. The monoisotopic (exact) mass is 451 g/mol. The molecule has 0 spiro atoms. The highest BCUT2D eigenvalue weighted by Crippen LogP contribution is 2.32. The standard InChI is InChI=1S/C26H33N3O2S/c30-20-29-12-4-5-21-8-9-22(19-25(21)29)31-17-2-1-11-27-13-15-28(16-14-27)24-6-3-7-26-23(24)10-18-32-26/h3,6-10,18-19,30H,1-2,4-5,11-17,20H2. The van der Waals surface area contributed by atoms with Gasteiger partial charge in [-0.25, -0.2) is 0 Å². The molecule has 0 bridgehead atoms. The zero-order chi connectivity index (χ0) is 21.8. The Morgan fingerprint density at radius 1 is 0.938 bits per heavy atom. The van der Waals surface area contributed by atoms with E-state index in [1.54, 1.807) is 0 Å². The topological polar surface area (TPSA) is 39.2 Å². The number of nitrogens with zero attached hydrogens (tertiary/aromatic N) is 3. The molecule has 2 aliphatic rings. The molecule has 5 nitrogen and oxygen atoms in total. The van der Waals surface area contributed by atoms with Crippen LogP contribution in [0.4, 0.5) is 11.4 Å². The number of fused-ring (bicyclic) bond motifs is 2. The molecule has 0 amide bonds. The summed E-state index contributed by atoms with van der Waals surface area (Å²) in [6, 6.07) is 15.3. The molecule has 3 heterocycles. The number of hydrogen-bond donors (Lipinski definition) is 1. The highest BCUT2D eigenvalue weighted by molar-refractivity contribution is 7.17. The van der Waals surface area contributed by atoms with Crippen molar-refractivity contribution in [3.63, 3.8) is 0 Å². The third-order valence-electron chi connectivity index (χ3n) is 6.77. The second-order valence-electron chi connectivity index (χ2n) is 8.79. The molecule has 0 saturated carbocycles. The van der Waals surface area contributed by atoms with Gasteiger partial charge in [0, 0.05) is 60.3 Å². The summed E-state index contributed by atoms with van der Waals surface area (Å²) in [6.45, 7) is 7.34. The van der Waals surface area contributed by atoms with Crippen molar-refractivity contribution in [1.82, 2.24) is 4.90 Å². The molecule has 2 aliphatic heterocycles. The Labute approximate surface area is 194 Å². The number of anilines is 2. The van der Waals surface area contributed by atoms with E-state index in [1.165, 1.54) is 21.3 Å². The van der Waals surface area contributed by atoms with Crippen LogP contribution in [0.3, 0.4) is 0 Å². The van der Waals surface area contributed by atoms with E-state index < -0.39 is 0 Å². The average molecular weight is 452 g/mol. The quantitative estimate of drug-likeness (QED) is 0.508. The summed E-state index contributed by atoms with van der Waals surface area (Å²) in [6.07, 6.45) is 4.41. The molecule has 32 heavy (non-hydrogen) atoms. The molecule has 0 aliphatic carbocycles. The van der Waals surface area contributed by atoms with Crippen molar-refractivity contribution in [1.29, 1.82) is 0 Å². The number of rotatable bonds is 8. The summed E-state index contributed by atoms with van der Waals surface area (Å²) >= 11 is 1.83. The molecule has 3 aromatic rings. The van der Waals surface area contributed by atoms with Gasteiger partial charge in [0.1, 0.15) is 12.5 Å². The molecule has 0 radical (unpaired) electrons. The molecule has 5 rings (SSSR count). The van der Waals surface area contributed by atoms with E-state index in [2.05, 4.69) is 57.6 Å². The van der Waals surface area contributed by atoms with Crippen molar-refractivity contribution < 1.29 is 9.84 Å². The Kier molecular flexibility index (Phi) is 6.81. The zero-order valence-corrected chi connectivity index (χ0v) is 19.5. The Hall–Kier alpha value is -2.28. The van der Waals surface area contributed by atoms with Crippen LogP contribution < -0.4 is 14.5 Å². The van der Waals surface area contributed by atoms with Gasteiger partial charge in [0.05, 0.1) is 6.61 Å². The van der Waals surface area contributed by atoms with Gasteiger partial charge in [-0.2, -0.15) is 0 Å². The summed E-state index contributed by atoms with van der Waals surface area (Å²) in [7, 11) is 0. The Morgan fingerprint density at radius 2 is 1.84 bits per heavy atom. The maximum atomic E-state index is 9.59. The van der Waals surface area contributed by atoms with Crippen LogP contribution in [0.15, 0.2) is 47.8 Å². The predicted molar refractivity (Wildman–Crippen MR) is 134 cm³/mol. The fraction of sp³-hybridized carbons (Fsp3) is 0.462. The van der Waals surface area contributed by atoms with Crippen LogP contribution in [0.5, 0.6) is 5.75 Å². The van der Waals surface area contributed by atoms with Crippen LogP contribution in [-0.2, 0) is 6.42 Å². The average Bonchev–Trinajstić information content (AvgIpc) is 3.33. The summed E-state index contributed by atoms with van der Waals surface area (Å²) in [5.41, 5.74) is 3.83. The Balaban J connectivity index is 1.04. The van der Waals surface area contributed by atoms with E-state index in [-0.39, 0.29) is 6.73 Å². The van der Waals surface area contributed by atoms with Gasteiger partial charge < -0.3 is 19.6 Å². The number of unbranched alkanes of at least 4 members (excludes halogenated alkanes) is 1. The fourth-order valence-corrected chi connectivity index (χ4v) is 5.77. The number of piperazine rings is 1. The first kappa shape index (κ1) is 21.6. The van der Waals surface area contributed by atoms with Gasteiger partial charge in [-0.1, -0.05) is 12.1 Å². The number of aliphatic hydroxyl groups is 1. The number of aliphatic hydroxyl groups excluding tert-OH is 1. The van der Waals surface area contributed by atoms with E-state index in [9.17, 15) is 5.11 Å². The predicted octanol–water partition coefficient (Wildman–Crippen LogP) is 4.58.